The van der Waals surface area contributed by atoms with Gasteiger partial charge in [-0.25, -0.2) is 0 Å². The minimum Gasteiger partial charge on any atom is -0.0985 e. The molecule has 0 aliphatic carbocycles. The van der Waals surface area contributed by atoms with E-state index in [1.807, 2.05) is 42.5 Å². The van der Waals surface area contributed by atoms with E-state index >= 15 is 0 Å². The molecule has 0 heterocycles. The predicted molar refractivity (Wildman–Crippen MR) is 64.2 cm³/mol. The molecule has 0 aromatic heterocycles. The van der Waals surface area contributed by atoms with E-state index in [-0.39, 0.29) is 0 Å². The molecule has 0 unspecified atom stereocenters. The van der Waals surface area contributed by atoms with Crippen LogP contribution in [0.1, 0.15) is 17.5 Å². The van der Waals surface area contributed by atoms with Gasteiger partial charge in [0.15, 0.2) is 0 Å². The fourth-order valence-electron chi connectivity index (χ4n) is 1.14. The second-order valence-electron chi connectivity index (χ2n) is 3.02. The standard InChI is InChI=1S/C12H13N3/c1-2-11-6-8-12(9-7-11)5-3-4-10-14-15-13/h2-3,5-9H,1,4,10H2. The SMILES string of the molecule is C=Cc1ccc(C=CCCN=[N+]=[N-])cc1. The largest absolute Gasteiger partial charge is 0.0985 e. The van der Waals surface area contributed by atoms with Gasteiger partial charge in [0.25, 0.3) is 0 Å². The monoisotopic (exact) mass is 199 g/mol. The maximum absolute atomic E-state index is 8.07. The first-order valence-electron chi connectivity index (χ1n) is 4.76. The van der Waals surface area contributed by atoms with Gasteiger partial charge in [-0.15, -0.1) is 0 Å². The van der Waals surface area contributed by atoms with Gasteiger partial charge in [0.1, 0.15) is 0 Å². The third kappa shape index (κ3) is 4.16. The molecule has 0 aliphatic heterocycles. The van der Waals surface area contributed by atoms with Crippen molar-refractivity contribution in [2.24, 2.45) is 5.11 Å². The highest BCUT2D eigenvalue weighted by Crippen LogP contribution is 2.07. The Balaban J connectivity index is 2.49. The van der Waals surface area contributed by atoms with E-state index in [4.69, 9.17) is 5.53 Å². The predicted octanol–water partition coefficient (Wildman–Crippen LogP) is 4.04. The molecule has 1 aromatic carbocycles. The molecule has 3 nitrogen and oxygen atoms in total. The maximum atomic E-state index is 8.07. The Labute approximate surface area is 89.4 Å². The Morgan fingerprint density at radius 3 is 2.53 bits per heavy atom. The molecule has 0 saturated heterocycles. The Morgan fingerprint density at radius 1 is 1.27 bits per heavy atom. The van der Waals surface area contributed by atoms with Crippen molar-refractivity contribution in [2.75, 3.05) is 6.54 Å². The highest BCUT2D eigenvalue weighted by molar-refractivity contribution is 5.54. The fourth-order valence-corrected chi connectivity index (χ4v) is 1.14. The molecule has 76 valence electrons. The Morgan fingerprint density at radius 2 is 1.93 bits per heavy atom. The summed E-state index contributed by atoms with van der Waals surface area (Å²) >= 11 is 0. The van der Waals surface area contributed by atoms with E-state index in [1.165, 1.54) is 0 Å². The summed E-state index contributed by atoms with van der Waals surface area (Å²) in [6, 6.07) is 8.09. The van der Waals surface area contributed by atoms with Gasteiger partial charge in [-0.2, -0.15) is 0 Å². The van der Waals surface area contributed by atoms with Gasteiger partial charge in [0.2, 0.25) is 0 Å². The smallest absolute Gasteiger partial charge is 0.0292 e. The summed E-state index contributed by atoms with van der Waals surface area (Å²) in [5.74, 6) is 0. The molecule has 0 fully saturated rings. The molecule has 0 spiro atoms. The van der Waals surface area contributed by atoms with Crippen LogP contribution in [0.25, 0.3) is 22.6 Å². The van der Waals surface area contributed by atoms with Crippen LogP contribution < -0.4 is 0 Å². The average Bonchev–Trinajstić information content (AvgIpc) is 2.30. The van der Waals surface area contributed by atoms with Crippen molar-refractivity contribution in [1.29, 1.82) is 0 Å². The number of benzene rings is 1. The molecule has 1 aromatic rings. The number of hydrogen-bond donors (Lipinski definition) is 0. The molecular weight excluding hydrogens is 186 g/mol. The highest BCUT2D eigenvalue weighted by Gasteiger charge is 1.86. The van der Waals surface area contributed by atoms with Crippen LogP contribution in [0.2, 0.25) is 0 Å². The lowest BCUT2D eigenvalue weighted by atomic mass is 10.1. The second-order valence-corrected chi connectivity index (χ2v) is 3.02. The normalized spacial score (nSPS) is 9.87. The van der Waals surface area contributed by atoms with Crippen LogP contribution in [-0.4, -0.2) is 6.54 Å². The molecule has 0 saturated carbocycles. The molecule has 0 bridgehead atoms. The van der Waals surface area contributed by atoms with Crippen LogP contribution in [0.3, 0.4) is 0 Å². The Hall–Kier alpha value is -1.99. The first-order valence-corrected chi connectivity index (χ1v) is 4.76. The lowest BCUT2D eigenvalue weighted by Gasteiger charge is -1.94. The summed E-state index contributed by atoms with van der Waals surface area (Å²) in [5.41, 5.74) is 10.3. The molecule has 0 radical (unpaired) electrons. The van der Waals surface area contributed by atoms with Gasteiger partial charge < -0.3 is 0 Å². The van der Waals surface area contributed by atoms with Crippen LogP contribution >= 0.6 is 0 Å². The molecular formula is C12H13N3. The van der Waals surface area contributed by atoms with Gasteiger partial charge in [0, 0.05) is 11.5 Å². The van der Waals surface area contributed by atoms with Crippen LogP contribution in [-0.2, 0) is 0 Å². The van der Waals surface area contributed by atoms with Gasteiger partial charge in [-0.1, -0.05) is 54.2 Å². The van der Waals surface area contributed by atoms with Crippen molar-refractivity contribution >= 4 is 12.2 Å². The molecule has 0 atom stereocenters. The summed E-state index contributed by atoms with van der Waals surface area (Å²) in [6.07, 6.45) is 6.60. The molecule has 15 heavy (non-hydrogen) atoms. The van der Waals surface area contributed by atoms with Gasteiger partial charge in [-0.05, 0) is 23.1 Å². The molecule has 0 amide bonds. The summed E-state index contributed by atoms with van der Waals surface area (Å²) < 4.78 is 0. The zero-order valence-corrected chi connectivity index (χ0v) is 8.50. The molecule has 3 heteroatoms. The number of nitrogens with zero attached hydrogens (tertiary/aromatic N) is 3. The number of rotatable bonds is 5. The first-order chi connectivity index (χ1) is 7.36. The highest BCUT2D eigenvalue weighted by atomic mass is 15.1. The van der Waals surface area contributed by atoms with E-state index in [1.54, 1.807) is 0 Å². The van der Waals surface area contributed by atoms with Crippen molar-refractivity contribution in [3.05, 3.63) is 58.5 Å². The summed E-state index contributed by atoms with van der Waals surface area (Å²) in [7, 11) is 0. The van der Waals surface area contributed by atoms with Crippen molar-refractivity contribution in [3.63, 3.8) is 0 Å². The maximum Gasteiger partial charge on any atom is 0.0292 e. The van der Waals surface area contributed by atoms with Crippen molar-refractivity contribution in [2.45, 2.75) is 6.42 Å². The van der Waals surface area contributed by atoms with Gasteiger partial charge in [0.05, 0.1) is 0 Å². The van der Waals surface area contributed by atoms with E-state index in [2.05, 4.69) is 16.6 Å². The number of azide groups is 1. The van der Waals surface area contributed by atoms with Crippen molar-refractivity contribution in [1.82, 2.24) is 0 Å². The number of hydrogen-bond acceptors (Lipinski definition) is 1. The summed E-state index contributed by atoms with van der Waals surface area (Å²) in [5, 5.41) is 3.45. The lowest BCUT2D eigenvalue weighted by Crippen LogP contribution is -1.75. The third-order valence-electron chi connectivity index (χ3n) is 1.94. The van der Waals surface area contributed by atoms with Crippen LogP contribution in [0.5, 0.6) is 0 Å². The van der Waals surface area contributed by atoms with E-state index in [9.17, 15) is 0 Å². The molecule has 0 N–H and O–H groups in total. The summed E-state index contributed by atoms with van der Waals surface area (Å²) in [4.78, 5) is 2.68. The van der Waals surface area contributed by atoms with Crippen molar-refractivity contribution in [3.8, 4) is 0 Å². The average molecular weight is 199 g/mol. The van der Waals surface area contributed by atoms with Gasteiger partial charge in [-0.3, -0.25) is 0 Å². The zero-order valence-electron chi connectivity index (χ0n) is 8.50. The van der Waals surface area contributed by atoms with E-state index in [0.29, 0.717) is 6.54 Å². The molecule has 1 rings (SSSR count). The zero-order chi connectivity index (χ0) is 10.9. The minimum absolute atomic E-state index is 0.512. The van der Waals surface area contributed by atoms with Crippen LogP contribution in [0.4, 0.5) is 0 Å². The minimum atomic E-state index is 0.512. The van der Waals surface area contributed by atoms with E-state index in [0.717, 1.165) is 17.5 Å². The quantitative estimate of drug-likeness (QED) is 0.297. The Kier molecular flexibility index (Phi) is 4.78. The summed E-state index contributed by atoms with van der Waals surface area (Å²) in [6.45, 7) is 4.20. The first kappa shape index (κ1) is 11.1. The lowest BCUT2D eigenvalue weighted by molar-refractivity contribution is 0.996. The fraction of sp³-hybridized carbons (Fsp3) is 0.167. The van der Waals surface area contributed by atoms with E-state index < -0.39 is 0 Å². The second kappa shape index (κ2) is 6.46. The topological polar surface area (TPSA) is 48.8 Å². The Bertz CT molecular complexity index is 384. The molecule has 0 aliphatic rings. The van der Waals surface area contributed by atoms with Crippen molar-refractivity contribution < 1.29 is 0 Å². The van der Waals surface area contributed by atoms with Gasteiger partial charge >= 0.3 is 0 Å². The van der Waals surface area contributed by atoms with Crippen LogP contribution in [0, 0.1) is 0 Å². The third-order valence-corrected chi connectivity index (χ3v) is 1.94. The van der Waals surface area contributed by atoms with Crippen LogP contribution in [0.15, 0.2) is 42.0 Å².